The van der Waals surface area contributed by atoms with Crippen molar-refractivity contribution in [2.24, 2.45) is 11.8 Å². The van der Waals surface area contributed by atoms with E-state index in [1.807, 2.05) is 5.38 Å². The number of carboxylic acids is 1. The van der Waals surface area contributed by atoms with Gasteiger partial charge in [-0.25, -0.2) is 4.98 Å². The fourth-order valence-corrected chi connectivity index (χ4v) is 3.31. The quantitative estimate of drug-likeness (QED) is 0.853. The number of thiazole rings is 1. The summed E-state index contributed by atoms with van der Waals surface area (Å²) in [6, 6.07) is 8.23. The van der Waals surface area contributed by atoms with E-state index in [4.69, 9.17) is 5.11 Å². The van der Waals surface area contributed by atoms with Crippen molar-refractivity contribution in [3.05, 3.63) is 40.9 Å². The molecule has 0 radical (unpaired) electrons. The SMILES string of the molecule is Cc1ccc(-c2nc(CCNC(=O)[C@@H]3C[C@H]3C(=O)O)cs2)cc1. The summed E-state index contributed by atoms with van der Waals surface area (Å²) in [5.74, 6) is -1.90. The van der Waals surface area contributed by atoms with Crippen molar-refractivity contribution < 1.29 is 14.7 Å². The van der Waals surface area contributed by atoms with Crippen LogP contribution < -0.4 is 5.32 Å². The minimum atomic E-state index is -0.882. The molecule has 120 valence electrons. The molecule has 1 saturated carbocycles. The normalized spacial score (nSPS) is 19.3. The van der Waals surface area contributed by atoms with Crippen LogP contribution in [0.3, 0.4) is 0 Å². The maximum atomic E-state index is 11.8. The molecule has 1 amide bonds. The average molecular weight is 330 g/mol. The fourth-order valence-electron chi connectivity index (χ4n) is 2.45. The van der Waals surface area contributed by atoms with Crippen molar-refractivity contribution in [1.82, 2.24) is 10.3 Å². The Balaban J connectivity index is 1.49. The van der Waals surface area contributed by atoms with Crippen molar-refractivity contribution in [1.29, 1.82) is 0 Å². The van der Waals surface area contributed by atoms with E-state index < -0.39 is 11.9 Å². The standard InChI is InChI=1S/C17H18N2O3S/c1-10-2-4-11(5-3-10)16-19-12(9-23-16)6-7-18-15(20)13-8-14(13)17(21)22/h2-5,9,13-14H,6-8H2,1H3,(H,18,20)(H,21,22)/t13-,14-/m1/s1. The highest BCUT2D eigenvalue weighted by molar-refractivity contribution is 7.13. The van der Waals surface area contributed by atoms with Gasteiger partial charge in [-0.1, -0.05) is 29.8 Å². The molecule has 0 unspecified atom stereocenters. The van der Waals surface area contributed by atoms with E-state index >= 15 is 0 Å². The molecule has 0 bridgehead atoms. The Morgan fingerprint density at radius 1 is 1.30 bits per heavy atom. The molecule has 1 aliphatic rings. The second-order valence-corrected chi connectivity index (χ2v) is 6.70. The number of carbonyl (C=O) groups is 2. The predicted octanol–water partition coefficient (Wildman–Crippen LogP) is 2.50. The molecule has 23 heavy (non-hydrogen) atoms. The van der Waals surface area contributed by atoms with Crippen molar-refractivity contribution in [2.75, 3.05) is 6.54 Å². The van der Waals surface area contributed by atoms with Gasteiger partial charge in [0.1, 0.15) is 5.01 Å². The highest BCUT2D eigenvalue weighted by atomic mass is 32.1. The minimum Gasteiger partial charge on any atom is -0.481 e. The zero-order valence-corrected chi connectivity index (χ0v) is 13.6. The highest BCUT2D eigenvalue weighted by Crippen LogP contribution is 2.38. The van der Waals surface area contributed by atoms with Gasteiger partial charge in [0, 0.05) is 23.9 Å². The van der Waals surface area contributed by atoms with Gasteiger partial charge >= 0.3 is 5.97 Å². The van der Waals surface area contributed by atoms with Gasteiger partial charge < -0.3 is 10.4 Å². The van der Waals surface area contributed by atoms with Crippen LogP contribution in [0.4, 0.5) is 0 Å². The lowest BCUT2D eigenvalue weighted by Crippen LogP contribution is -2.28. The molecule has 2 N–H and O–H groups in total. The van der Waals surface area contributed by atoms with Crippen LogP contribution in [-0.4, -0.2) is 28.5 Å². The molecule has 0 aliphatic heterocycles. The zero-order valence-electron chi connectivity index (χ0n) is 12.8. The molecule has 0 spiro atoms. The van der Waals surface area contributed by atoms with Crippen LogP contribution in [0.5, 0.6) is 0 Å². The van der Waals surface area contributed by atoms with Gasteiger partial charge in [0.15, 0.2) is 0 Å². The number of hydrogen-bond acceptors (Lipinski definition) is 4. The van der Waals surface area contributed by atoms with Crippen LogP contribution in [0.25, 0.3) is 10.6 Å². The molecule has 1 aromatic carbocycles. The van der Waals surface area contributed by atoms with E-state index in [1.165, 1.54) is 5.56 Å². The first kappa shape index (κ1) is 15.7. The summed E-state index contributed by atoms with van der Waals surface area (Å²) in [4.78, 5) is 27.1. The Morgan fingerprint density at radius 2 is 2.04 bits per heavy atom. The first-order valence-corrected chi connectivity index (χ1v) is 8.44. The lowest BCUT2D eigenvalue weighted by Gasteiger charge is -2.02. The summed E-state index contributed by atoms with van der Waals surface area (Å²) in [6.07, 6.45) is 1.11. The first-order chi connectivity index (χ1) is 11.0. The van der Waals surface area contributed by atoms with Crippen LogP contribution in [0.1, 0.15) is 17.7 Å². The maximum Gasteiger partial charge on any atom is 0.307 e. The molecular formula is C17H18N2O3S. The third-order valence-electron chi connectivity index (χ3n) is 3.98. The van der Waals surface area contributed by atoms with Gasteiger partial charge in [-0.2, -0.15) is 0 Å². The molecule has 1 aliphatic carbocycles. The lowest BCUT2D eigenvalue weighted by atomic mass is 10.2. The zero-order chi connectivity index (χ0) is 16.4. The van der Waals surface area contributed by atoms with Crippen LogP contribution in [0.2, 0.25) is 0 Å². The number of nitrogens with one attached hydrogen (secondary N) is 1. The number of carboxylic acid groups (broad SMARTS) is 1. The maximum absolute atomic E-state index is 11.8. The Labute approximate surface area is 138 Å². The number of amides is 1. The summed E-state index contributed by atoms with van der Waals surface area (Å²) in [6.45, 7) is 2.53. The Hall–Kier alpha value is -2.21. The largest absolute Gasteiger partial charge is 0.481 e. The second kappa shape index (κ2) is 6.50. The van der Waals surface area contributed by atoms with E-state index in [2.05, 4.69) is 41.5 Å². The summed E-state index contributed by atoms with van der Waals surface area (Å²) < 4.78 is 0. The van der Waals surface area contributed by atoms with Gasteiger partial charge in [0.2, 0.25) is 5.91 Å². The third kappa shape index (κ3) is 3.76. The Kier molecular flexibility index (Phi) is 4.43. The van der Waals surface area contributed by atoms with Crippen molar-refractivity contribution in [2.45, 2.75) is 19.8 Å². The molecule has 1 heterocycles. The molecule has 5 nitrogen and oxygen atoms in total. The lowest BCUT2D eigenvalue weighted by molar-refractivity contribution is -0.140. The molecular weight excluding hydrogens is 312 g/mol. The van der Waals surface area contributed by atoms with Gasteiger partial charge in [-0.05, 0) is 13.3 Å². The molecule has 0 saturated heterocycles. The number of aryl methyl sites for hydroxylation is 1. The number of hydrogen-bond donors (Lipinski definition) is 2. The average Bonchev–Trinajstić information content (AvgIpc) is 3.21. The van der Waals surface area contributed by atoms with Gasteiger partial charge in [-0.15, -0.1) is 11.3 Å². The predicted molar refractivity (Wildman–Crippen MR) is 88.2 cm³/mol. The van der Waals surface area contributed by atoms with E-state index in [9.17, 15) is 9.59 Å². The summed E-state index contributed by atoms with van der Waals surface area (Å²) in [7, 11) is 0. The monoisotopic (exact) mass is 330 g/mol. The van der Waals surface area contributed by atoms with Gasteiger partial charge in [0.25, 0.3) is 0 Å². The molecule has 2 atom stereocenters. The van der Waals surface area contributed by atoms with Gasteiger partial charge in [-0.3, -0.25) is 9.59 Å². The van der Waals surface area contributed by atoms with Crippen molar-refractivity contribution >= 4 is 23.2 Å². The number of benzene rings is 1. The first-order valence-electron chi connectivity index (χ1n) is 7.56. The topological polar surface area (TPSA) is 79.3 Å². The van der Waals surface area contributed by atoms with Crippen molar-refractivity contribution in [3.63, 3.8) is 0 Å². The molecule has 1 fully saturated rings. The van der Waals surface area contributed by atoms with E-state index in [1.54, 1.807) is 11.3 Å². The minimum absolute atomic E-state index is 0.161. The number of rotatable bonds is 6. The summed E-state index contributed by atoms with van der Waals surface area (Å²) in [5, 5.41) is 14.6. The van der Waals surface area contributed by atoms with E-state index in [0.717, 1.165) is 16.3 Å². The third-order valence-corrected chi connectivity index (χ3v) is 4.92. The Bertz CT molecular complexity index is 724. The van der Waals surface area contributed by atoms with Crippen LogP contribution >= 0.6 is 11.3 Å². The number of aliphatic carboxylic acids is 1. The number of nitrogens with zero attached hydrogens (tertiary/aromatic N) is 1. The summed E-state index contributed by atoms with van der Waals surface area (Å²) >= 11 is 1.59. The van der Waals surface area contributed by atoms with Crippen LogP contribution in [0, 0.1) is 18.8 Å². The van der Waals surface area contributed by atoms with Gasteiger partial charge in [0.05, 0.1) is 17.5 Å². The van der Waals surface area contributed by atoms with E-state index in [-0.39, 0.29) is 11.8 Å². The molecule has 2 aromatic rings. The highest BCUT2D eigenvalue weighted by Gasteiger charge is 2.48. The second-order valence-electron chi connectivity index (χ2n) is 5.84. The molecule has 1 aromatic heterocycles. The smallest absolute Gasteiger partial charge is 0.307 e. The fraction of sp³-hybridized carbons (Fsp3) is 0.353. The number of aromatic nitrogens is 1. The Morgan fingerprint density at radius 3 is 2.70 bits per heavy atom. The van der Waals surface area contributed by atoms with Crippen molar-refractivity contribution in [3.8, 4) is 10.6 Å². The summed E-state index contributed by atoms with van der Waals surface area (Å²) in [5.41, 5.74) is 3.25. The molecule has 3 rings (SSSR count). The number of carbonyl (C=O) groups excluding carboxylic acids is 1. The van der Waals surface area contributed by atoms with Crippen LogP contribution in [-0.2, 0) is 16.0 Å². The van der Waals surface area contributed by atoms with Crippen LogP contribution in [0.15, 0.2) is 29.6 Å². The molecule has 6 heteroatoms. The van der Waals surface area contributed by atoms with E-state index in [0.29, 0.717) is 19.4 Å².